The number of nitrogens with zero attached hydrogens (tertiary/aromatic N) is 3. The Balaban J connectivity index is 2.49. The molecule has 0 fully saturated rings. The maximum atomic E-state index is 8.59. The molecule has 0 amide bonds. The van der Waals surface area contributed by atoms with Gasteiger partial charge in [0.15, 0.2) is 5.16 Å². The van der Waals surface area contributed by atoms with Gasteiger partial charge in [-0.25, -0.2) is 4.98 Å². The molecule has 0 aliphatic heterocycles. The van der Waals surface area contributed by atoms with Gasteiger partial charge in [0.25, 0.3) is 0 Å². The molecule has 0 bridgehead atoms. The lowest BCUT2D eigenvalue weighted by molar-refractivity contribution is 0.941. The molecule has 0 aliphatic rings. The number of hydrogen-bond acceptors (Lipinski definition) is 4. The van der Waals surface area contributed by atoms with Crippen LogP contribution in [0.25, 0.3) is 0 Å². The Kier molecular flexibility index (Phi) is 2.93. The summed E-state index contributed by atoms with van der Waals surface area (Å²) in [5.74, 6) is 0. The van der Waals surface area contributed by atoms with E-state index in [0.29, 0.717) is 5.16 Å². The van der Waals surface area contributed by atoms with Gasteiger partial charge in [-0.1, -0.05) is 18.7 Å². The number of aromatic amines is 1. The Labute approximate surface area is 69.0 Å². The van der Waals surface area contributed by atoms with Gasteiger partial charge in [0.05, 0.1) is 11.3 Å². The van der Waals surface area contributed by atoms with Crippen LogP contribution in [-0.4, -0.2) is 20.4 Å². The summed E-state index contributed by atoms with van der Waals surface area (Å²) in [7, 11) is 0. The molecule has 1 aromatic rings. The van der Waals surface area contributed by atoms with Gasteiger partial charge in [0.1, 0.15) is 6.33 Å². The molecule has 0 saturated carbocycles. The van der Waals surface area contributed by atoms with E-state index in [-0.39, 0.29) is 5.25 Å². The Bertz CT molecular complexity index is 238. The number of H-pyrrole nitrogens is 1. The molecular formula is C6H8N4S. The molecular weight excluding hydrogens is 160 g/mol. The van der Waals surface area contributed by atoms with Crippen LogP contribution in [0.1, 0.15) is 13.3 Å². The summed E-state index contributed by atoms with van der Waals surface area (Å²) >= 11 is 1.41. The van der Waals surface area contributed by atoms with Crippen molar-refractivity contribution < 1.29 is 0 Å². The zero-order valence-electron chi connectivity index (χ0n) is 6.11. The summed E-state index contributed by atoms with van der Waals surface area (Å²) in [4.78, 5) is 3.90. The van der Waals surface area contributed by atoms with E-state index in [1.807, 2.05) is 6.92 Å². The molecule has 58 valence electrons. The van der Waals surface area contributed by atoms with Crippen molar-refractivity contribution in [3.05, 3.63) is 6.33 Å². The highest BCUT2D eigenvalue weighted by Crippen LogP contribution is 2.19. The highest BCUT2D eigenvalue weighted by molar-refractivity contribution is 8.00. The predicted molar refractivity (Wildman–Crippen MR) is 41.9 cm³/mol. The van der Waals surface area contributed by atoms with Crippen LogP contribution in [0.3, 0.4) is 0 Å². The molecule has 0 saturated heterocycles. The first-order chi connectivity index (χ1) is 5.36. The fourth-order valence-corrected chi connectivity index (χ4v) is 1.29. The van der Waals surface area contributed by atoms with E-state index >= 15 is 0 Å². The Morgan fingerprint density at radius 1 is 1.91 bits per heavy atom. The molecule has 4 nitrogen and oxygen atoms in total. The van der Waals surface area contributed by atoms with Gasteiger partial charge in [-0.3, -0.25) is 5.10 Å². The van der Waals surface area contributed by atoms with E-state index < -0.39 is 0 Å². The maximum Gasteiger partial charge on any atom is 0.184 e. The average molecular weight is 168 g/mol. The van der Waals surface area contributed by atoms with Crippen molar-refractivity contribution in [1.82, 2.24) is 15.2 Å². The minimum absolute atomic E-state index is 0.0250. The standard InChI is InChI=1S/C6H8N4S/c1-2-5(3-7)11-6-8-4-9-10-6/h4-5H,2H2,1H3,(H,8,9,10). The van der Waals surface area contributed by atoms with Crippen molar-refractivity contribution in [1.29, 1.82) is 5.26 Å². The normalized spacial score (nSPS) is 12.4. The third-order valence-corrected chi connectivity index (χ3v) is 2.30. The molecule has 5 heteroatoms. The highest BCUT2D eigenvalue weighted by atomic mass is 32.2. The van der Waals surface area contributed by atoms with Crippen molar-refractivity contribution in [3.8, 4) is 6.07 Å². The molecule has 1 atom stereocenters. The van der Waals surface area contributed by atoms with Crippen LogP contribution in [0.2, 0.25) is 0 Å². The highest BCUT2D eigenvalue weighted by Gasteiger charge is 2.07. The van der Waals surface area contributed by atoms with E-state index in [4.69, 9.17) is 5.26 Å². The lowest BCUT2D eigenvalue weighted by atomic mass is 10.4. The molecule has 1 unspecified atom stereocenters. The van der Waals surface area contributed by atoms with Gasteiger partial charge in [0.2, 0.25) is 0 Å². The summed E-state index contributed by atoms with van der Waals surface area (Å²) in [6.45, 7) is 1.97. The fourth-order valence-electron chi connectivity index (χ4n) is 0.587. The monoisotopic (exact) mass is 168 g/mol. The summed E-state index contributed by atoms with van der Waals surface area (Å²) in [5, 5.41) is 15.6. The topological polar surface area (TPSA) is 65.4 Å². The number of aromatic nitrogens is 3. The molecule has 1 aromatic heterocycles. The Morgan fingerprint density at radius 2 is 2.73 bits per heavy atom. The van der Waals surface area contributed by atoms with Crippen LogP contribution in [0, 0.1) is 11.3 Å². The molecule has 1 rings (SSSR count). The largest absolute Gasteiger partial charge is 0.254 e. The van der Waals surface area contributed by atoms with Gasteiger partial charge in [-0.2, -0.15) is 10.4 Å². The van der Waals surface area contributed by atoms with Crippen LogP contribution >= 0.6 is 11.8 Å². The van der Waals surface area contributed by atoms with Crippen molar-refractivity contribution in [2.45, 2.75) is 23.8 Å². The van der Waals surface area contributed by atoms with Gasteiger partial charge >= 0.3 is 0 Å². The molecule has 0 radical (unpaired) electrons. The summed E-state index contributed by atoms with van der Waals surface area (Å²) in [6, 6.07) is 2.17. The number of hydrogen-bond donors (Lipinski definition) is 1. The summed E-state index contributed by atoms with van der Waals surface area (Å²) in [6.07, 6.45) is 2.26. The van der Waals surface area contributed by atoms with Crippen LogP contribution in [0.4, 0.5) is 0 Å². The first-order valence-electron chi connectivity index (χ1n) is 3.28. The average Bonchev–Trinajstić information content (AvgIpc) is 2.52. The zero-order valence-corrected chi connectivity index (χ0v) is 6.93. The van der Waals surface area contributed by atoms with Crippen molar-refractivity contribution in [3.63, 3.8) is 0 Å². The van der Waals surface area contributed by atoms with E-state index in [9.17, 15) is 0 Å². The first-order valence-corrected chi connectivity index (χ1v) is 4.16. The maximum absolute atomic E-state index is 8.59. The minimum atomic E-state index is -0.0250. The fraction of sp³-hybridized carbons (Fsp3) is 0.500. The van der Waals surface area contributed by atoms with Crippen LogP contribution in [-0.2, 0) is 0 Å². The summed E-state index contributed by atoms with van der Waals surface area (Å²) in [5.41, 5.74) is 0. The van der Waals surface area contributed by atoms with Crippen molar-refractivity contribution in [2.24, 2.45) is 0 Å². The number of thioether (sulfide) groups is 1. The van der Waals surface area contributed by atoms with Crippen molar-refractivity contribution in [2.75, 3.05) is 0 Å². The van der Waals surface area contributed by atoms with Gasteiger partial charge in [-0.15, -0.1) is 0 Å². The predicted octanol–water partition coefficient (Wildman–Crippen LogP) is 1.20. The van der Waals surface area contributed by atoms with Crippen molar-refractivity contribution >= 4 is 11.8 Å². The van der Waals surface area contributed by atoms with E-state index in [0.717, 1.165) is 6.42 Å². The Morgan fingerprint density at radius 3 is 3.18 bits per heavy atom. The van der Waals surface area contributed by atoms with Crippen LogP contribution in [0.15, 0.2) is 11.5 Å². The molecule has 1 heterocycles. The minimum Gasteiger partial charge on any atom is -0.254 e. The third kappa shape index (κ3) is 2.24. The first kappa shape index (κ1) is 8.08. The lowest BCUT2D eigenvalue weighted by Crippen LogP contribution is -1.95. The van der Waals surface area contributed by atoms with Gasteiger partial charge in [0, 0.05) is 0 Å². The van der Waals surface area contributed by atoms with Gasteiger partial charge < -0.3 is 0 Å². The summed E-state index contributed by atoms with van der Waals surface area (Å²) < 4.78 is 0. The molecule has 0 aliphatic carbocycles. The SMILES string of the molecule is CCC(C#N)Sc1ncn[nH]1. The number of rotatable bonds is 3. The van der Waals surface area contributed by atoms with Gasteiger partial charge in [-0.05, 0) is 6.42 Å². The van der Waals surface area contributed by atoms with E-state index in [2.05, 4.69) is 21.3 Å². The molecule has 1 N–H and O–H groups in total. The second-order valence-corrected chi connectivity index (χ2v) is 3.13. The quantitative estimate of drug-likeness (QED) is 0.689. The van der Waals surface area contributed by atoms with E-state index in [1.54, 1.807) is 0 Å². The lowest BCUT2D eigenvalue weighted by Gasteiger charge is -1.99. The smallest absolute Gasteiger partial charge is 0.184 e. The third-order valence-electron chi connectivity index (χ3n) is 1.16. The second-order valence-electron chi connectivity index (χ2n) is 1.93. The Hall–Kier alpha value is -1.02. The molecule has 0 aromatic carbocycles. The molecule has 0 spiro atoms. The van der Waals surface area contributed by atoms with E-state index in [1.165, 1.54) is 18.1 Å². The van der Waals surface area contributed by atoms with Crippen LogP contribution in [0.5, 0.6) is 0 Å². The number of nitrogens with one attached hydrogen (secondary N) is 1. The van der Waals surface area contributed by atoms with Crippen LogP contribution < -0.4 is 0 Å². The number of nitriles is 1. The zero-order chi connectivity index (χ0) is 8.10. The second kappa shape index (κ2) is 3.98. The molecule has 11 heavy (non-hydrogen) atoms.